The van der Waals surface area contributed by atoms with E-state index >= 15 is 0 Å². The van der Waals surface area contributed by atoms with Gasteiger partial charge in [0.15, 0.2) is 6.54 Å². The quantitative estimate of drug-likeness (QED) is 0.725. The van der Waals surface area contributed by atoms with Crippen molar-refractivity contribution in [2.45, 2.75) is 63.5 Å². The Morgan fingerprint density at radius 2 is 1.89 bits per heavy atom. The van der Waals surface area contributed by atoms with Crippen molar-refractivity contribution in [2.75, 3.05) is 19.6 Å². The van der Waals surface area contributed by atoms with Gasteiger partial charge >= 0.3 is 0 Å². The molecule has 0 bridgehead atoms. The first-order valence-electron chi connectivity index (χ1n) is 10.1. The number of amides is 2. The standard InChI is InChI=1S/C21H30FN3O2/c1-16(26)24-21(17-6-5-7-18(22)14-17)10-12-25(13-11-21)15-20(27)23-19-8-3-2-4-9-19/h5-7,14,19H,2-4,8-13,15H2,1H3,(H,23,27)(H,24,26)/p+1. The van der Waals surface area contributed by atoms with E-state index < -0.39 is 5.54 Å². The average molecular weight is 376 g/mol. The molecule has 148 valence electrons. The van der Waals surface area contributed by atoms with E-state index in [1.165, 1.54) is 43.2 Å². The molecule has 0 unspecified atom stereocenters. The van der Waals surface area contributed by atoms with Crippen molar-refractivity contribution in [2.24, 2.45) is 0 Å². The molecule has 0 spiro atoms. The van der Waals surface area contributed by atoms with Crippen LogP contribution >= 0.6 is 0 Å². The molecule has 2 fully saturated rings. The summed E-state index contributed by atoms with van der Waals surface area (Å²) in [5.41, 5.74) is 0.264. The molecular formula is C21H31FN3O2+. The summed E-state index contributed by atoms with van der Waals surface area (Å²) in [5.74, 6) is -0.286. The summed E-state index contributed by atoms with van der Waals surface area (Å²) >= 11 is 0. The van der Waals surface area contributed by atoms with Gasteiger partial charge in [0.1, 0.15) is 5.82 Å². The van der Waals surface area contributed by atoms with Crippen molar-refractivity contribution in [1.29, 1.82) is 0 Å². The molecular weight excluding hydrogens is 345 g/mol. The first-order valence-corrected chi connectivity index (χ1v) is 10.1. The van der Waals surface area contributed by atoms with Gasteiger partial charge in [-0.15, -0.1) is 0 Å². The molecule has 3 N–H and O–H groups in total. The van der Waals surface area contributed by atoms with Gasteiger partial charge in [-0.25, -0.2) is 4.39 Å². The summed E-state index contributed by atoms with van der Waals surface area (Å²) in [5, 5.41) is 6.24. The lowest BCUT2D eigenvalue weighted by Gasteiger charge is -2.40. The van der Waals surface area contributed by atoms with E-state index in [2.05, 4.69) is 10.6 Å². The van der Waals surface area contributed by atoms with E-state index in [1.807, 2.05) is 6.07 Å². The van der Waals surface area contributed by atoms with Gasteiger partial charge in [0.05, 0.1) is 18.6 Å². The Labute approximate surface area is 160 Å². The number of rotatable bonds is 5. The zero-order valence-corrected chi connectivity index (χ0v) is 16.2. The lowest BCUT2D eigenvalue weighted by molar-refractivity contribution is -0.898. The number of benzene rings is 1. The summed E-state index contributed by atoms with van der Waals surface area (Å²) in [6.07, 6.45) is 7.25. The Morgan fingerprint density at radius 1 is 1.19 bits per heavy atom. The predicted molar refractivity (Wildman–Crippen MR) is 102 cm³/mol. The van der Waals surface area contributed by atoms with Crippen molar-refractivity contribution < 1.29 is 18.9 Å². The third-order valence-electron chi connectivity index (χ3n) is 5.98. The third kappa shape index (κ3) is 5.28. The fourth-order valence-electron chi connectivity index (χ4n) is 4.57. The van der Waals surface area contributed by atoms with Gasteiger partial charge in [0.25, 0.3) is 5.91 Å². The van der Waals surface area contributed by atoms with Crippen LogP contribution in [0.3, 0.4) is 0 Å². The molecule has 1 aliphatic heterocycles. The van der Waals surface area contributed by atoms with Gasteiger partial charge in [-0.05, 0) is 30.5 Å². The highest BCUT2D eigenvalue weighted by atomic mass is 19.1. The molecule has 0 atom stereocenters. The normalized spacial score (nSPS) is 26.4. The minimum atomic E-state index is -0.544. The third-order valence-corrected chi connectivity index (χ3v) is 5.98. The lowest BCUT2D eigenvalue weighted by Crippen LogP contribution is -3.14. The number of halogens is 1. The van der Waals surface area contributed by atoms with Crippen molar-refractivity contribution in [1.82, 2.24) is 10.6 Å². The van der Waals surface area contributed by atoms with E-state index in [4.69, 9.17) is 0 Å². The first kappa shape index (κ1) is 19.8. The summed E-state index contributed by atoms with van der Waals surface area (Å²) in [6, 6.07) is 6.82. The van der Waals surface area contributed by atoms with Crippen LogP contribution in [0.5, 0.6) is 0 Å². The van der Waals surface area contributed by atoms with Gasteiger partial charge in [0, 0.05) is 25.8 Å². The number of likely N-dealkylation sites (tertiary alicyclic amines) is 1. The maximum Gasteiger partial charge on any atom is 0.275 e. The van der Waals surface area contributed by atoms with Crippen LogP contribution in [0.4, 0.5) is 4.39 Å². The van der Waals surface area contributed by atoms with Crippen molar-refractivity contribution in [3.05, 3.63) is 35.6 Å². The van der Waals surface area contributed by atoms with Crippen LogP contribution in [0, 0.1) is 5.82 Å². The number of hydrogen-bond donors (Lipinski definition) is 3. The maximum atomic E-state index is 13.7. The molecule has 3 rings (SSSR count). The fraction of sp³-hybridized carbons (Fsp3) is 0.619. The van der Waals surface area contributed by atoms with E-state index in [0.717, 1.165) is 31.5 Å². The van der Waals surface area contributed by atoms with Crippen LogP contribution in [0.2, 0.25) is 0 Å². The molecule has 6 heteroatoms. The van der Waals surface area contributed by atoms with Gasteiger partial charge in [-0.1, -0.05) is 31.4 Å². The largest absolute Gasteiger partial charge is 0.348 e. The van der Waals surface area contributed by atoms with Crippen LogP contribution in [0.25, 0.3) is 0 Å². The number of nitrogens with one attached hydrogen (secondary N) is 3. The van der Waals surface area contributed by atoms with E-state index in [9.17, 15) is 14.0 Å². The average Bonchev–Trinajstić information content (AvgIpc) is 2.64. The molecule has 1 aromatic rings. The van der Waals surface area contributed by atoms with Crippen LogP contribution in [0.15, 0.2) is 24.3 Å². The number of hydrogen-bond acceptors (Lipinski definition) is 2. The summed E-state index contributed by atoms with van der Waals surface area (Å²) in [4.78, 5) is 25.4. The monoisotopic (exact) mass is 376 g/mol. The smallest absolute Gasteiger partial charge is 0.275 e. The Bertz CT molecular complexity index is 665. The topological polar surface area (TPSA) is 62.6 Å². The van der Waals surface area contributed by atoms with Gasteiger partial charge in [-0.3, -0.25) is 9.59 Å². The van der Waals surface area contributed by atoms with E-state index in [1.54, 1.807) is 6.07 Å². The van der Waals surface area contributed by atoms with Crippen LogP contribution in [0.1, 0.15) is 57.4 Å². The number of piperidine rings is 1. The lowest BCUT2D eigenvalue weighted by atomic mass is 9.80. The molecule has 0 radical (unpaired) electrons. The minimum absolute atomic E-state index is 0.113. The summed E-state index contributed by atoms with van der Waals surface area (Å²) < 4.78 is 13.7. The molecule has 2 amide bonds. The Kier molecular flexibility index (Phi) is 6.47. The second-order valence-electron chi connectivity index (χ2n) is 8.10. The second-order valence-corrected chi connectivity index (χ2v) is 8.10. The predicted octanol–water partition coefficient (Wildman–Crippen LogP) is 1.28. The van der Waals surface area contributed by atoms with Crippen LogP contribution < -0.4 is 15.5 Å². The summed E-state index contributed by atoms with van der Waals surface area (Å²) in [6.45, 7) is 3.51. The molecule has 0 aromatic heterocycles. The van der Waals surface area contributed by atoms with Crippen LogP contribution in [-0.2, 0) is 15.1 Å². The second kappa shape index (κ2) is 8.83. The summed E-state index contributed by atoms with van der Waals surface area (Å²) in [7, 11) is 0. The SMILES string of the molecule is CC(=O)NC1(c2cccc(F)c2)CC[NH+](CC(=O)NC2CCCCC2)CC1. The highest BCUT2D eigenvalue weighted by molar-refractivity contribution is 5.77. The van der Waals surface area contributed by atoms with Gasteiger partial charge < -0.3 is 15.5 Å². The van der Waals surface area contributed by atoms with Crippen LogP contribution in [-0.4, -0.2) is 37.5 Å². The van der Waals surface area contributed by atoms with Crippen molar-refractivity contribution >= 4 is 11.8 Å². The zero-order valence-electron chi connectivity index (χ0n) is 16.2. The Hall–Kier alpha value is -1.95. The van der Waals surface area contributed by atoms with Gasteiger partial charge in [-0.2, -0.15) is 0 Å². The number of carbonyl (C=O) groups is 2. The zero-order chi connectivity index (χ0) is 19.3. The number of quaternary nitrogens is 1. The van der Waals surface area contributed by atoms with E-state index in [0.29, 0.717) is 25.4 Å². The molecule has 1 saturated carbocycles. The molecule has 27 heavy (non-hydrogen) atoms. The molecule has 1 aromatic carbocycles. The van der Waals surface area contributed by atoms with E-state index in [-0.39, 0.29) is 17.6 Å². The van der Waals surface area contributed by atoms with Crippen molar-refractivity contribution in [3.63, 3.8) is 0 Å². The minimum Gasteiger partial charge on any atom is -0.348 e. The Balaban J connectivity index is 1.59. The molecule has 2 aliphatic rings. The molecule has 1 saturated heterocycles. The van der Waals surface area contributed by atoms with Crippen molar-refractivity contribution in [3.8, 4) is 0 Å². The molecule has 1 heterocycles. The molecule has 5 nitrogen and oxygen atoms in total. The highest BCUT2D eigenvalue weighted by Crippen LogP contribution is 2.30. The highest BCUT2D eigenvalue weighted by Gasteiger charge is 2.39. The maximum absolute atomic E-state index is 13.7. The van der Waals surface area contributed by atoms with Gasteiger partial charge in [0.2, 0.25) is 5.91 Å². The number of carbonyl (C=O) groups excluding carboxylic acids is 2. The molecule has 1 aliphatic carbocycles. The fourth-order valence-corrected chi connectivity index (χ4v) is 4.57. The first-order chi connectivity index (χ1) is 13.0. The Morgan fingerprint density at radius 3 is 2.52 bits per heavy atom.